The first-order valence-electron chi connectivity index (χ1n) is 9.53. The van der Waals surface area contributed by atoms with Gasteiger partial charge in [-0.3, -0.25) is 9.69 Å². The highest BCUT2D eigenvalue weighted by molar-refractivity contribution is 5.78. The van der Waals surface area contributed by atoms with Crippen LogP contribution in [-0.2, 0) is 4.79 Å². The minimum Gasteiger partial charge on any atom is -0.352 e. The highest BCUT2D eigenvalue weighted by Crippen LogP contribution is 2.21. The maximum absolute atomic E-state index is 12.2. The van der Waals surface area contributed by atoms with Gasteiger partial charge in [0.25, 0.3) is 0 Å². The third-order valence-electron chi connectivity index (χ3n) is 5.76. The van der Waals surface area contributed by atoms with Gasteiger partial charge in [0.15, 0.2) is 0 Å². The van der Waals surface area contributed by atoms with Crippen molar-refractivity contribution in [3.63, 3.8) is 0 Å². The molecule has 0 aromatic rings. The third kappa shape index (κ3) is 4.95. The summed E-state index contributed by atoms with van der Waals surface area (Å²) >= 11 is 0. The molecular formula is C18H33N3O. The standard InChI is InChI=1S/C18H33N3O/c22-18(19-17-6-2-1-3-7-17)15-21-12-8-16(9-13-21)14-20-10-4-5-11-20/h16-17H,1-15H2,(H,19,22). The van der Waals surface area contributed by atoms with E-state index >= 15 is 0 Å². The van der Waals surface area contributed by atoms with Gasteiger partial charge in [-0.1, -0.05) is 19.3 Å². The smallest absolute Gasteiger partial charge is 0.234 e. The van der Waals surface area contributed by atoms with Crippen LogP contribution < -0.4 is 5.32 Å². The van der Waals surface area contributed by atoms with E-state index in [1.807, 2.05) is 0 Å². The highest BCUT2D eigenvalue weighted by atomic mass is 16.2. The number of nitrogens with one attached hydrogen (secondary N) is 1. The molecule has 4 nitrogen and oxygen atoms in total. The molecule has 1 N–H and O–H groups in total. The Morgan fingerprint density at radius 2 is 1.50 bits per heavy atom. The summed E-state index contributed by atoms with van der Waals surface area (Å²) in [5.41, 5.74) is 0. The van der Waals surface area contributed by atoms with Crippen LogP contribution in [0.15, 0.2) is 0 Å². The van der Waals surface area contributed by atoms with Crippen LogP contribution in [0.4, 0.5) is 0 Å². The van der Waals surface area contributed by atoms with Crippen LogP contribution in [-0.4, -0.2) is 61.0 Å². The van der Waals surface area contributed by atoms with Crippen LogP contribution in [0.5, 0.6) is 0 Å². The number of carbonyl (C=O) groups is 1. The van der Waals surface area contributed by atoms with Gasteiger partial charge >= 0.3 is 0 Å². The molecule has 0 aromatic heterocycles. The molecule has 0 atom stereocenters. The minimum absolute atomic E-state index is 0.255. The Morgan fingerprint density at radius 1 is 0.818 bits per heavy atom. The summed E-state index contributed by atoms with van der Waals surface area (Å²) in [5.74, 6) is 1.11. The van der Waals surface area contributed by atoms with E-state index in [1.54, 1.807) is 0 Å². The zero-order chi connectivity index (χ0) is 15.2. The van der Waals surface area contributed by atoms with Gasteiger partial charge in [-0.15, -0.1) is 0 Å². The molecule has 4 heteroatoms. The van der Waals surface area contributed by atoms with Gasteiger partial charge in [0.05, 0.1) is 6.54 Å². The normalized spacial score (nSPS) is 26.4. The van der Waals surface area contributed by atoms with Crippen molar-refractivity contribution >= 4 is 5.91 Å². The Morgan fingerprint density at radius 3 is 2.18 bits per heavy atom. The van der Waals surface area contributed by atoms with E-state index < -0.39 is 0 Å². The number of likely N-dealkylation sites (tertiary alicyclic amines) is 2. The number of amides is 1. The Balaban J connectivity index is 1.31. The average molecular weight is 307 g/mol. The maximum atomic E-state index is 12.2. The second kappa shape index (κ2) is 8.30. The predicted octanol–water partition coefficient (Wildman–Crippen LogP) is 2.24. The number of rotatable bonds is 5. The molecule has 1 amide bonds. The Hall–Kier alpha value is -0.610. The fourth-order valence-electron chi connectivity index (χ4n) is 4.38. The maximum Gasteiger partial charge on any atom is 0.234 e. The van der Waals surface area contributed by atoms with E-state index in [0.717, 1.165) is 19.0 Å². The van der Waals surface area contributed by atoms with Crippen LogP contribution in [0.2, 0.25) is 0 Å². The molecule has 0 bridgehead atoms. The SMILES string of the molecule is O=C(CN1CCC(CN2CCCC2)CC1)NC1CCCCC1. The van der Waals surface area contributed by atoms with Gasteiger partial charge in [-0.05, 0) is 70.6 Å². The molecule has 2 heterocycles. The second-order valence-electron chi connectivity index (χ2n) is 7.63. The topological polar surface area (TPSA) is 35.6 Å². The van der Waals surface area contributed by atoms with Crippen molar-refractivity contribution in [3.05, 3.63) is 0 Å². The van der Waals surface area contributed by atoms with Crippen molar-refractivity contribution < 1.29 is 4.79 Å². The lowest BCUT2D eigenvalue weighted by Gasteiger charge is -2.34. The Bertz CT molecular complexity index is 340. The van der Waals surface area contributed by atoms with E-state index in [4.69, 9.17) is 0 Å². The van der Waals surface area contributed by atoms with E-state index in [9.17, 15) is 4.79 Å². The molecule has 0 aromatic carbocycles. The van der Waals surface area contributed by atoms with Crippen LogP contribution in [0.1, 0.15) is 57.8 Å². The summed E-state index contributed by atoms with van der Waals surface area (Å²) in [4.78, 5) is 17.2. The van der Waals surface area contributed by atoms with Crippen LogP contribution in [0.25, 0.3) is 0 Å². The zero-order valence-corrected chi connectivity index (χ0v) is 14.1. The summed E-state index contributed by atoms with van der Waals surface area (Å²) in [7, 11) is 0. The van der Waals surface area contributed by atoms with E-state index in [2.05, 4.69) is 15.1 Å². The van der Waals surface area contributed by atoms with Crippen LogP contribution >= 0.6 is 0 Å². The van der Waals surface area contributed by atoms with E-state index in [1.165, 1.54) is 77.4 Å². The number of hydrogen-bond donors (Lipinski definition) is 1. The van der Waals surface area contributed by atoms with Crippen molar-refractivity contribution in [3.8, 4) is 0 Å². The molecule has 0 unspecified atom stereocenters. The summed E-state index contributed by atoms with van der Waals surface area (Å²) in [5, 5.41) is 3.25. The summed E-state index contributed by atoms with van der Waals surface area (Å²) in [6, 6.07) is 0.453. The lowest BCUT2D eigenvalue weighted by Crippen LogP contribution is -2.46. The fraction of sp³-hybridized carbons (Fsp3) is 0.944. The largest absolute Gasteiger partial charge is 0.352 e. The quantitative estimate of drug-likeness (QED) is 0.846. The van der Waals surface area contributed by atoms with Crippen molar-refractivity contribution in [2.75, 3.05) is 39.3 Å². The predicted molar refractivity (Wildman–Crippen MR) is 89.9 cm³/mol. The van der Waals surface area contributed by atoms with Crippen LogP contribution in [0.3, 0.4) is 0 Å². The van der Waals surface area contributed by atoms with Crippen molar-refractivity contribution in [2.24, 2.45) is 5.92 Å². The van der Waals surface area contributed by atoms with Gasteiger partial charge in [-0.2, -0.15) is 0 Å². The molecular weight excluding hydrogens is 274 g/mol. The van der Waals surface area contributed by atoms with Crippen LogP contribution in [0, 0.1) is 5.92 Å². The molecule has 0 radical (unpaired) electrons. The first kappa shape index (κ1) is 16.3. The molecule has 1 saturated carbocycles. The van der Waals surface area contributed by atoms with Crippen molar-refractivity contribution in [1.29, 1.82) is 0 Å². The van der Waals surface area contributed by atoms with Gasteiger partial charge in [-0.25, -0.2) is 0 Å². The summed E-state index contributed by atoms with van der Waals surface area (Å²) < 4.78 is 0. The molecule has 126 valence electrons. The zero-order valence-electron chi connectivity index (χ0n) is 14.1. The van der Waals surface area contributed by atoms with E-state index in [0.29, 0.717) is 12.6 Å². The second-order valence-corrected chi connectivity index (χ2v) is 7.63. The van der Waals surface area contributed by atoms with Gasteiger partial charge < -0.3 is 10.2 Å². The monoisotopic (exact) mass is 307 g/mol. The molecule has 2 saturated heterocycles. The molecule has 22 heavy (non-hydrogen) atoms. The molecule has 0 spiro atoms. The first-order valence-corrected chi connectivity index (χ1v) is 9.53. The third-order valence-corrected chi connectivity index (χ3v) is 5.76. The first-order chi connectivity index (χ1) is 10.8. The molecule has 1 aliphatic carbocycles. The average Bonchev–Trinajstić information content (AvgIpc) is 3.03. The molecule has 3 aliphatic rings. The lowest BCUT2D eigenvalue weighted by atomic mass is 9.95. The van der Waals surface area contributed by atoms with Gasteiger partial charge in [0.1, 0.15) is 0 Å². The summed E-state index contributed by atoms with van der Waals surface area (Å²) in [6.07, 6.45) is 11.6. The summed E-state index contributed by atoms with van der Waals surface area (Å²) in [6.45, 7) is 6.75. The number of piperidine rings is 1. The van der Waals surface area contributed by atoms with Gasteiger partial charge in [0, 0.05) is 12.6 Å². The molecule has 3 fully saturated rings. The number of hydrogen-bond acceptors (Lipinski definition) is 3. The number of nitrogens with zero attached hydrogens (tertiary/aromatic N) is 2. The molecule has 2 aliphatic heterocycles. The van der Waals surface area contributed by atoms with E-state index in [-0.39, 0.29) is 5.91 Å². The van der Waals surface area contributed by atoms with Gasteiger partial charge in [0.2, 0.25) is 5.91 Å². The number of carbonyl (C=O) groups excluding carboxylic acids is 1. The minimum atomic E-state index is 0.255. The van der Waals surface area contributed by atoms with Crippen molar-refractivity contribution in [2.45, 2.75) is 63.8 Å². The lowest BCUT2D eigenvalue weighted by molar-refractivity contribution is -0.123. The molecule has 3 rings (SSSR count). The Kier molecular flexibility index (Phi) is 6.13. The highest BCUT2D eigenvalue weighted by Gasteiger charge is 2.24. The fourth-order valence-corrected chi connectivity index (χ4v) is 4.38. The van der Waals surface area contributed by atoms with Crippen molar-refractivity contribution in [1.82, 2.24) is 15.1 Å². The Labute approximate surface area is 135 Å².